The lowest BCUT2D eigenvalue weighted by Gasteiger charge is -2.00. The van der Waals surface area contributed by atoms with Crippen molar-refractivity contribution in [3.05, 3.63) is 83.2 Å². The molecule has 0 aliphatic rings. The Morgan fingerprint density at radius 2 is 1.50 bits per heavy atom. The van der Waals surface area contributed by atoms with Gasteiger partial charge in [-0.3, -0.25) is 4.98 Å². The van der Waals surface area contributed by atoms with Crippen molar-refractivity contribution >= 4 is 21.9 Å². The topological polar surface area (TPSA) is 63.1 Å². The SMILES string of the molecule is Brc1ccccn1.O=C(O)c1ccc(-c2ccccn2)cc1. The molecular formula is C17H13BrN2O2. The zero-order valence-corrected chi connectivity index (χ0v) is 13.1. The van der Waals surface area contributed by atoms with Gasteiger partial charge >= 0.3 is 5.97 Å². The van der Waals surface area contributed by atoms with Crippen LogP contribution in [-0.2, 0) is 0 Å². The third-order valence-electron chi connectivity index (χ3n) is 2.72. The number of aromatic nitrogens is 2. The van der Waals surface area contributed by atoms with Crippen LogP contribution in [0.5, 0.6) is 0 Å². The fraction of sp³-hybridized carbons (Fsp3) is 0. The van der Waals surface area contributed by atoms with E-state index in [0.29, 0.717) is 0 Å². The number of halogens is 1. The molecule has 0 aliphatic heterocycles. The molecule has 0 aliphatic carbocycles. The summed E-state index contributed by atoms with van der Waals surface area (Å²) in [4.78, 5) is 18.7. The number of nitrogens with zero attached hydrogens (tertiary/aromatic N) is 2. The molecule has 1 N–H and O–H groups in total. The van der Waals surface area contributed by atoms with Crippen LogP contribution in [0.15, 0.2) is 77.7 Å². The van der Waals surface area contributed by atoms with E-state index in [2.05, 4.69) is 25.9 Å². The molecule has 0 fully saturated rings. The summed E-state index contributed by atoms with van der Waals surface area (Å²) in [7, 11) is 0. The van der Waals surface area contributed by atoms with Gasteiger partial charge in [0.05, 0.1) is 11.3 Å². The number of hydrogen-bond acceptors (Lipinski definition) is 3. The zero-order chi connectivity index (χ0) is 15.8. The second-order valence-electron chi connectivity index (χ2n) is 4.25. The van der Waals surface area contributed by atoms with Gasteiger partial charge in [-0.2, -0.15) is 0 Å². The second kappa shape index (κ2) is 8.05. The van der Waals surface area contributed by atoms with Gasteiger partial charge in [0.2, 0.25) is 0 Å². The molecule has 0 atom stereocenters. The van der Waals surface area contributed by atoms with Crippen molar-refractivity contribution in [3.63, 3.8) is 0 Å². The number of benzene rings is 1. The zero-order valence-electron chi connectivity index (χ0n) is 11.6. The molecule has 1 aromatic carbocycles. The molecule has 22 heavy (non-hydrogen) atoms. The molecule has 2 aromatic heterocycles. The van der Waals surface area contributed by atoms with Gasteiger partial charge in [-0.25, -0.2) is 9.78 Å². The van der Waals surface area contributed by atoms with Crippen molar-refractivity contribution in [1.82, 2.24) is 9.97 Å². The van der Waals surface area contributed by atoms with Crippen LogP contribution in [0.3, 0.4) is 0 Å². The summed E-state index contributed by atoms with van der Waals surface area (Å²) in [5.74, 6) is -0.914. The monoisotopic (exact) mass is 356 g/mol. The third-order valence-corrected chi connectivity index (χ3v) is 3.19. The van der Waals surface area contributed by atoms with Crippen molar-refractivity contribution < 1.29 is 9.90 Å². The lowest BCUT2D eigenvalue weighted by atomic mass is 10.1. The molecule has 0 amide bonds. The number of aromatic carboxylic acids is 1. The first-order chi connectivity index (χ1) is 10.7. The Kier molecular flexibility index (Phi) is 5.80. The maximum absolute atomic E-state index is 10.6. The molecule has 5 heteroatoms. The van der Waals surface area contributed by atoms with Crippen molar-refractivity contribution in [1.29, 1.82) is 0 Å². The van der Waals surface area contributed by atoms with Gasteiger partial charge in [-0.05, 0) is 52.3 Å². The Bertz CT molecular complexity index is 717. The summed E-state index contributed by atoms with van der Waals surface area (Å²) in [6.45, 7) is 0. The Morgan fingerprint density at radius 3 is 1.91 bits per heavy atom. The van der Waals surface area contributed by atoms with Crippen molar-refractivity contribution in [3.8, 4) is 11.3 Å². The van der Waals surface area contributed by atoms with Crippen LogP contribution in [0, 0.1) is 0 Å². The van der Waals surface area contributed by atoms with Crippen LogP contribution in [0.2, 0.25) is 0 Å². The Labute approximate surface area is 136 Å². The molecule has 3 rings (SSSR count). The van der Waals surface area contributed by atoms with E-state index in [1.165, 1.54) is 0 Å². The Morgan fingerprint density at radius 1 is 0.864 bits per heavy atom. The number of carboxylic acids is 1. The number of pyridine rings is 2. The normalized spacial score (nSPS) is 9.50. The maximum Gasteiger partial charge on any atom is 0.335 e. The van der Waals surface area contributed by atoms with E-state index in [0.717, 1.165) is 15.9 Å². The van der Waals surface area contributed by atoms with Gasteiger partial charge in [0.1, 0.15) is 4.60 Å². The minimum Gasteiger partial charge on any atom is -0.478 e. The predicted molar refractivity (Wildman–Crippen MR) is 88.6 cm³/mol. The molecule has 0 radical (unpaired) electrons. The highest BCUT2D eigenvalue weighted by Gasteiger charge is 2.02. The summed E-state index contributed by atoms with van der Waals surface area (Å²) in [6.07, 6.45) is 3.45. The fourth-order valence-corrected chi connectivity index (χ4v) is 1.93. The lowest BCUT2D eigenvalue weighted by molar-refractivity contribution is 0.0697. The highest BCUT2D eigenvalue weighted by atomic mass is 79.9. The van der Waals surface area contributed by atoms with Crippen LogP contribution in [0.4, 0.5) is 0 Å². The first kappa shape index (κ1) is 15.9. The minimum atomic E-state index is -0.914. The molecule has 110 valence electrons. The second-order valence-corrected chi connectivity index (χ2v) is 5.06. The van der Waals surface area contributed by atoms with Crippen LogP contribution >= 0.6 is 15.9 Å². The summed E-state index contributed by atoms with van der Waals surface area (Å²) in [6, 6.07) is 18.0. The molecule has 0 spiro atoms. The van der Waals surface area contributed by atoms with Crippen molar-refractivity contribution in [2.45, 2.75) is 0 Å². The molecule has 0 saturated carbocycles. The quantitative estimate of drug-likeness (QED) is 0.695. The van der Waals surface area contributed by atoms with E-state index in [-0.39, 0.29) is 5.56 Å². The number of carboxylic acid groups (broad SMARTS) is 1. The molecule has 0 saturated heterocycles. The Balaban J connectivity index is 0.000000211. The van der Waals surface area contributed by atoms with Gasteiger partial charge in [0.15, 0.2) is 0 Å². The van der Waals surface area contributed by atoms with Crippen LogP contribution in [0.1, 0.15) is 10.4 Å². The third kappa shape index (κ3) is 4.79. The largest absolute Gasteiger partial charge is 0.478 e. The van der Waals surface area contributed by atoms with E-state index in [4.69, 9.17) is 5.11 Å². The summed E-state index contributed by atoms with van der Waals surface area (Å²) < 4.78 is 0.884. The van der Waals surface area contributed by atoms with E-state index in [9.17, 15) is 4.79 Å². The van der Waals surface area contributed by atoms with Crippen LogP contribution < -0.4 is 0 Å². The number of hydrogen-bond donors (Lipinski definition) is 1. The van der Waals surface area contributed by atoms with E-state index in [1.54, 1.807) is 36.7 Å². The number of carbonyl (C=O) groups is 1. The summed E-state index contributed by atoms with van der Waals surface area (Å²) in [5, 5.41) is 8.73. The lowest BCUT2D eigenvalue weighted by Crippen LogP contribution is -1.95. The molecule has 3 aromatic rings. The highest BCUT2D eigenvalue weighted by Crippen LogP contribution is 2.16. The predicted octanol–water partition coefficient (Wildman–Crippen LogP) is 4.29. The average molecular weight is 357 g/mol. The highest BCUT2D eigenvalue weighted by molar-refractivity contribution is 9.10. The van der Waals surface area contributed by atoms with E-state index < -0.39 is 5.97 Å². The average Bonchev–Trinajstić information content (AvgIpc) is 2.57. The molecule has 0 unspecified atom stereocenters. The molecular weight excluding hydrogens is 344 g/mol. The van der Waals surface area contributed by atoms with Gasteiger partial charge in [0.25, 0.3) is 0 Å². The minimum absolute atomic E-state index is 0.287. The van der Waals surface area contributed by atoms with Gasteiger partial charge in [-0.15, -0.1) is 0 Å². The molecule has 4 nitrogen and oxygen atoms in total. The van der Waals surface area contributed by atoms with Crippen molar-refractivity contribution in [2.75, 3.05) is 0 Å². The standard InChI is InChI=1S/C12H9NO2.C5H4BrN/c14-12(15)10-6-4-9(5-7-10)11-3-1-2-8-13-11;6-5-3-1-2-4-7-5/h1-8H,(H,14,15);1-4H. The van der Waals surface area contributed by atoms with Gasteiger partial charge < -0.3 is 5.11 Å². The summed E-state index contributed by atoms with van der Waals surface area (Å²) in [5.41, 5.74) is 2.05. The molecule has 0 bridgehead atoms. The first-order valence-electron chi connectivity index (χ1n) is 6.48. The van der Waals surface area contributed by atoms with E-state index in [1.807, 2.05) is 36.4 Å². The smallest absolute Gasteiger partial charge is 0.335 e. The van der Waals surface area contributed by atoms with Gasteiger partial charge in [-0.1, -0.05) is 24.3 Å². The van der Waals surface area contributed by atoms with Crippen molar-refractivity contribution in [2.24, 2.45) is 0 Å². The van der Waals surface area contributed by atoms with Gasteiger partial charge in [0, 0.05) is 18.0 Å². The number of rotatable bonds is 2. The Hall–Kier alpha value is -2.53. The van der Waals surface area contributed by atoms with Crippen LogP contribution in [0.25, 0.3) is 11.3 Å². The maximum atomic E-state index is 10.6. The first-order valence-corrected chi connectivity index (χ1v) is 7.27. The van der Waals surface area contributed by atoms with E-state index >= 15 is 0 Å². The summed E-state index contributed by atoms with van der Waals surface area (Å²) >= 11 is 3.20. The molecule has 2 heterocycles. The van der Waals surface area contributed by atoms with Crippen LogP contribution in [-0.4, -0.2) is 21.0 Å². The fourth-order valence-electron chi connectivity index (χ4n) is 1.66.